The molecular weight excluding hydrogens is 474 g/mol. The van der Waals surface area contributed by atoms with E-state index < -0.39 is 6.10 Å². The Bertz CT molecular complexity index is 1330. The Morgan fingerprint density at radius 3 is 2.26 bits per heavy atom. The number of pyridine rings is 1. The monoisotopic (exact) mass is 515 g/mol. The molecule has 0 radical (unpaired) electrons. The lowest BCUT2D eigenvalue weighted by molar-refractivity contribution is 0.0619. The van der Waals surface area contributed by atoms with Crippen LogP contribution in [0.25, 0.3) is 27.6 Å². The van der Waals surface area contributed by atoms with Crippen LogP contribution in [0.1, 0.15) is 57.8 Å². The summed E-state index contributed by atoms with van der Waals surface area (Å²) in [7, 11) is 2.00. The van der Waals surface area contributed by atoms with E-state index in [-0.39, 0.29) is 0 Å². The molecule has 0 bridgehead atoms. The highest BCUT2D eigenvalue weighted by Gasteiger charge is 2.22. The Morgan fingerprint density at radius 2 is 1.68 bits per heavy atom. The molecule has 2 aromatic heterocycles. The van der Waals surface area contributed by atoms with Gasteiger partial charge in [-0.05, 0) is 50.3 Å². The van der Waals surface area contributed by atoms with E-state index in [9.17, 15) is 5.11 Å². The molecule has 4 aromatic rings. The van der Waals surface area contributed by atoms with Gasteiger partial charge in [0.2, 0.25) is 0 Å². The smallest absolute Gasteiger partial charge is 0.0960 e. The van der Waals surface area contributed by atoms with E-state index in [4.69, 9.17) is 9.72 Å². The van der Waals surface area contributed by atoms with Crippen LogP contribution in [0.4, 0.5) is 0 Å². The van der Waals surface area contributed by atoms with Crippen LogP contribution in [-0.2, 0) is 11.3 Å². The number of nitrogens with zero attached hydrogens (tertiary/aromatic N) is 3. The maximum Gasteiger partial charge on any atom is 0.0960 e. The number of benzene rings is 2. The quantitative estimate of drug-likeness (QED) is 0.308. The standard InChI is InChI=1S/C23H29N5O2.C6H6.C2H6/c1-14-23(27(3)26-25-14)18-11-21-22(24-12-18)19-5-4-17(15(2)29)10-20(19)28(21)13-16-6-8-30-9-7-16;1-2-4-6-5-3-1;1-2/h4-5,10-12,15-16,25-26,29H,6-9,13H2,1-3H3;1-6H;1-2H3. The lowest BCUT2D eigenvalue weighted by Gasteiger charge is -2.23. The molecular formula is C31H41N5O2. The molecule has 1 atom stereocenters. The number of allylic oxidation sites excluding steroid dienone is 1. The predicted octanol–water partition coefficient (Wildman–Crippen LogP) is 6.03. The summed E-state index contributed by atoms with van der Waals surface area (Å²) >= 11 is 0. The second-order valence-electron chi connectivity index (χ2n) is 9.63. The fourth-order valence-electron chi connectivity index (χ4n) is 5.07. The molecule has 2 aromatic carbocycles. The van der Waals surface area contributed by atoms with Crippen molar-refractivity contribution in [1.29, 1.82) is 0 Å². The molecule has 2 aliphatic heterocycles. The zero-order valence-corrected chi connectivity index (χ0v) is 23.2. The van der Waals surface area contributed by atoms with Gasteiger partial charge < -0.3 is 19.8 Å². The van der Waals surface area contributed by atoms with Crippen molar-refractivity contribution in [1.82, 2.24) is 25.5 Å². The molecule has 202 valence electrons. The number of hydrogen-bond donors (Lipinski definition) is 3. The number of hydrogen-bond acceptors (Lipinski definition) is 6. The summed E-state index contributed by atoms with van der Waals surface area (Å²) in [5, 5.41) is 13.3. The highest BCUT2D eigenvalue weighted by molar-refractivity contribution is 6.06. The van der Waals surface area contributed by atoms with Crippen molar-refractivity contribution in [3.8, 4) is 0 Å². The number of hydrazine groups is 2. The summed E-state index contributed by atoms with van der Waals surface area (Å²) in [6.07, 6.45) is 3.61. The normalized spacial score (nSPS) is 16.5. The summed E-state index contributed by atoms with van der Waals surface area (Å²) in [6.45, 7) is 10.5. The van der Waals surface area contributed by atoms with E-state index in [0.29, 0.717) is 5.92 Å². The molecule has 7 nitrogen and oxygen atoms in total. The Labute approximate surface area is 226 Å². The minimum Gasteiger partial charge on any atom is -0.389 e. The maximum atomic E-state index is 10.1. The minimum atomic E-state index is -0.496. The largest absolute Gasteiger partial charge is 0.389 e. The first-order valence-corrected chi connectivity index (χ1v) is 13.7. The number of aliphatic hydroxyl groups is 1. The topological polar surface area (TPSA) is 74.6 Å². The number of aliphatic hydroxyl groups excluding tert-OH is 1. The van der Waals surface area contributed by atoms with Crippen LogP contribution in [0.2, 0.25) is 0 Å². The first-order chi connectivity index (χ1) is 18.5. The average Bonchev–Trinajstić information content (AvgIpc) is 3.46. The third-order valence-electron chi connectivity index (χ3n) is 7.03. The number of nitrogens with one attached hydrogen (secondary N) is 2. The molecule has 1 saturated heterocycles. The van der Waals surface area contributed by atoms with Crippen molar-refractivity contribution in [2.24, 2.45) is 5.92 Å². The van der Waals surface area contributed by atoms with Gasteiger partial charge in [-0.2, -0.15) is 0 Å². The molecule has 6 rings (SSSR count). The van der Waals surface area contributed by atoms with Crippen molar-refractivity contribution in [3.63, 3.8) is 0 Å². The second kappa shape index (κ2) is 12.9. The summed E-state index contributed by atoms with van der Waals surface area (Å²) in [4.78, 5) is 4.89. The van der Waals surface area contributed by atoms with Gasteiger partial charge in [0.25, 0.3) is 0 Å². The number of ether oxygens (including phenoxy) is 1. The minimum absolute atomic E-state index is 0.496. The average molecular weight is 516 g/mol. The van der Waals surface area contributed by atoms with Gasteiger partial charge in [-0.25, -0.2) is 0 Å². The van der Waals surface area contributed by atoms with Crippen LogP contribution >= 0.6 is 0 Å². The summed E-state index contributed by atoms with van der Waals surface area (Å²) in [6, 6.07) is 20.5. The zero-order valence-electron chi connectivity index (χ0n) is 23.2. The maximum absolute atomic E-state index is 10.1. The first kappa shape index (κ1) is 27.6. The van der Waals surface area contributed by atoms with Crippen molar-refractivity contribution in [2.45, 2.75) is 53.2 Å². The van der Waals surface area contributed by atoms with Gasteiger partial charge in [0.05, 0.1) is 34.0 Å². The molecule has 0 saturated carbocycles. The van der Waals surface area contributed by atoms with Crippen molar-refractivity contribution in [3.05, 3.63) is 83.7 Å². The predicted molar refractivity (Wildman–Crippen MR) is 156 cm³/mol. The van der Waals surface area contributed by atoms with E-state index in [0.717, 1.165) is 77.1 Å². The number of aromatic nitrogens is 2. The second-order valence-corrected chi connectivity index (χ2v) is 9.63. The van der Waals surface area contributed by atoms with Gasteiger partial charge in [-0.15, -0.1) is 5.53 Å². The van der Waals surface area contributed by atoms with Crippen LogP contribution in [0.15, 0.2) is 72.6 Å². The van der Waals surface area contributed by atoms with Gasteiger partial charge in [0, 0.05) is 44.0 Å². The van der Waals surface area contributed by atoms with E-state index >= 15 is 0 Å². The highest BCUT2D eigenvalue weighted by Crippen LogP contribution is 2.34. The summed E-state index contributed by atoms with van der Waals surface area (Å²) in [5.41, 5.74) is 13.8. The van der Waals surface area contributed by atoms with E-state index in [2.05, 4.69) is 40.7 Å². The Kier molecular flexibility index (Phi) is 9.39. The molecule has 0 spiro atoms. The molecule has 0 aliphatic carbocycles. The van der Waals surface area contributed by atoms with E-state index in [1.165, 1.54) is 0 Å². The van der Waals surface area contributed by atoms with Crippen LogP contribution < -0.4 is 11.0 Å². The lowest BCUT2D eigenvalue weighted by atomic mass is 10.00. The van der Waals surface area contributed by atoms with Gasteiger partial charge in [0.1, 0.15) is 0 Å². The molecule has 4 heterocycles. The van der Waals surface area contributed by atoms with Crippen LogP contribution in [-0.4, -0.2) is 39.9 Å². The van der Waals surface area contributed by atoms with Crippen LogP contribution in [0, 0.1) is 5.92 Å². The summed E-state index contributed by atoms with van der Waals surface area (Å²) < 4.78 is 7.97. The third kappa shape index (κ3) is 6.01. The van der Waals surface area contributed by atoms with Crippen molar-refractivity contribution < 1.29 is 9.84 Å². The Hall–Kier alpha value is -3.39. The van der Waals surface area contributed by atoms with Crippen molar-refractivity contribution >= 4 is 27.6 Å². The summed E-state index contributed by atoms with van der Waals surface area (Å²) in [5.74, 6) is 0.579. The third-order valence-corrected chi connectivity index (χ3v) is 7.03. The fraction of sp³-hybridized carbons (Fsp3) is 0.387. The Morgan fingerprint density at radius 1 is 1.03 bits per heavy atom. The van der Waals surface area contributed by atoms with Gasteiger partial charge >= 0.3 is 0 Å². The molecule has 1 unspecified atom stereocenters. The van der Waals surface area contributed by atoms with Gasteiger partial charge in [0.15, 0.2) is 0 Å². The Balaban J connectivity index is 0.000000366. The first-order valence-electron chi connectivity index (χ1n) is 13.7. The molecule has 1 fully saturated rings. The zero-order chi connectivity index (χ0) is 27.1. The van der Waals surface area contributed by atoms with Gasteiger partial charge in [-0.3, -0.25) is 9.99 Å². The lowest BCUT2D eigenvalue weighted by Crippen LogP contribution is -2.34. The molecule has 38 heavy (non-hydrogen) atoms. The molecule has 0 amide bonds. The highest BCUT2D eigenvalue weighted by atomic mass is 16.5. The molecule has 3 N–H and O–H groups in total. The van der Waals surface area contributed by atoms with Crippen molar-refractivity contribution in [2.75, 3.05) is 20.3 Å². The van der Waals surface area contributed by atoms with Crippen LogP contribution in [0.3, 0.4) is 0 Å². The number of fused-ring (bicyclic) bond motifs is 3. The molecule has 7 heteroatoms. The number of rotatable bonds is 4. The van der Waals surface area contributed by atoms with Gasteiger partial charge in [-0.1, -0.05) is 62.4 Å². The fourth-order valence-corrected chi connectivity index (χ4v) is 5.07. The SMILES string of the molecule is CC.CC1=C(c2cnc3c4ccc(C(C)O)cc4n(CC4CCOCC4)c3c2)N(C)NN1.c1ccccc1. The van der Waals surface area contributed by atoms with E-state index in [1.54, 1.807) is 0 Å². The van der Waals surface area contributed by atoms with E-state index in [1.807, 2.05) is 81.5 Å². The van der Waals surface area contributed by atoms with Crippen LogP contribution in [0.5, 0.6) is 0 Å². The molecule has 2 aliphatic rings.